The molecule has 0 radical (unpaired) electrons. The van der Waals surface area contributed by atoms with Gasteiger partial charge in [0.1, 0.15) is 28.4 Å². The summed E-state index contributed by atoms with van der Waals surface area (Å²) in [5.41, 5.74) is 3.37. The van der Waals surface area contributed by atoms with Crippen molar-refractivity contribution in [3.05, 3.63) is 40.5 Å². The third-order valence-corrected chi connectivity index (χ3v) is 9.06. The van der Waals surface area contributed by atoms with Gasteiger partial charge in [-0.3, -0.25) is 19.5 Å². The zero-order valence-electron chi connectivity index (χ0n) is 25.7. The topological polar surface area (TPSA) is 248 Å². The van der Waals surface area contributed by atoms with Crippen molar-refractivity contribution in [2.45, 2.75) is 31.5 Å². The maximum absolute atomic E-state index is 13.4. The van der Waals surface area contributed by atoms with E-state index >= 15 is 0 Å². The summed E-state index contributed by atoms with van der Waals surface area (Å²) in [7, 11) is -3.11. The van der Waals surface area contributed by atoms with Crippen molar-refractivity contribution in [3.63, 3.8) is 0 Å². The SMILES string of the molecule is C[n+]1ccc2cc(OCC(O/N=C(\C(=O)NC3C(=O)N(OS(=O)(=O)O)C3(C)C)c3nc(N)sc3Cl)C(=O)O)ccc2c1NCC1CNC1. The molecule has 5 rings (SSSR count). The molecule has 0 saturated carbocycles. The largest absolute Gasteiger partial charge is 0.489 e. The second kappa shape index (κ2) is 13.6. The van der Waals surface area contributed by atoms with Crippen LogP contribution in [0.5, 0.6) is 5.75 Å². The van der Waals surface area contributed by atoms with Crippen LogP contribution in [0.2, 0.25) is 4.34 Å². The number of nitrogens with zero attached hydrogens (tertiary/aromatic N) is 4. The Morgan fingerprint density at radius 2 is 2.06 bits per heavy atom. The summed E-state index contributed by atoms with van der Waals surface area (Å²) >= 11 is 7.00. The first kappa shape index (κ1) is 35.0. The van der Waals surface area contributed by atoms with Gasteiger partial charge in [0.25, 0.3) is 23.7 Å². The minimum atomic E-state index is -5.04. The van der Waals surface area contributed by atoms with E-state index in [1.807, 2.05) is 29.9 Å². The van der Waals surface area contributed by atoms with E-state index in [1.165, 1.54) is 13.8 Å². The Bertz CT molecular complexity index is 1900. The Kier molecular flexibility index (Phi) is 9.94. The lowest BCUT2D eigenvalue weighted by atomic mass is 9.84. The molecule has 48 heavy (non-hydrogen) atoms. The minimum Gasteiger partial charge on any atom is -0.489 e. The van der Waals surface area contributed by atoms with E-state index in [9.17, 15) is 27.9 Å². The van der Waals surface area contributed by atoms with Crippen molar-refractivity contribution < 1.29 is 50.9 Å². The highest BCUT2D eigenvalue weighted by Gasteiger charge is 2.58. The van der Waals surface area contributed by atoms with Gasteiger partial charge < -0.3 is 31.0 Å². The van der Waals surface area contributed by atoms with Gasteiger partial charge in [0, 0.05) is 19.0 Å². The maximum Gasteiger partial charge on any atom is 0.418 e. The molecule has 0 bridgehead atoms. The Hall–Kier alpha value is -4.34. The molecular weight excluding hydrogens is 696 g/mol. The van der Waals surface area contributed by atoms with Gasteiger partial charge in [-0.1, -0.05) is 28.1 Å². The number of carbonyl (C=O) groups is 3. The van der Waals surface area contributed by atoms with Gasteiger partial charge in [0.05, 0.1) is 30.7 Å². The molecule has 0 spiro atoms. The molecule has 2 fully saturated rings. The minimum absolute atomic E-state index is 0.0512. The molecule has 21 heteroatoms. The number of aryl methyl sites for hydroxylation is 1. The van der Waals surface area contributed by atoms with Gasteiger partial charge >= 0.3 is 16.4 Å². The Morgan fingerprint density at radius 3 is 2.65 bits per heavy atom. The van der Waals surface area contributed by atoms with E-state index in [0.29, 0.717) is 16.7 Å². The van der Waals surface area contributed by atoms with Gasteiger partial charge in [-0.05, 0) is 43.5 Å². The molecule has 2 aromatic heterocycles. The van der Waals surface area contributed by atoms with E-state index in [-0.39, 0.29) is 15.2 Å². The number of pyridine rings is 1. The summed E-state index contributed by atoms with van der Waals surface area (Å²) < 4.78 is 43.1. The van der Waals surface area contributed by atoms with Crippen LogP contribution in [-0.4, -0.2) is 95.5 Å². The predicted octanol–water partition coefficient (Wildman–Crippen LogP) is 0.0806. The number of benzene rings is 1. The average molecular weight is 728 g/mol. The smallest absolute Gasteiger partial charge is 0.418 e. The monoisotopic (exact) mass is 727 g/mol. The van der Waals surface area contributed by atoms with E-state index in [2.05, 4.69) is 30.4 Å². The fourth-order valence-electron chi connectivity index (χ4n) is 4.90. The number of fused-ring (bicyclic) bond motifs is 1. The van der Waals surface area contributed by atoms with Crippen molar-refractivity contribution in [2.24, 2.45) is 18.1 Å². The Labute approximate surface area is 282 Å². The molecule has 258 valence electrons. The van der Waals surface area contributed by atoms with Gasteiger partial charge in [0.15, 0.2) is 10.8 Å². The second-order valence-corrected chi connectivity index (χ2v) is 14.1. The standard InChI is InChI=1S/C27H31ClN8O10S2/c1-27(2)20(24(38)36(27)46-48(41,42)43)33-23(37)19(18-21(28)47-26(29)32-18)34-45-17(25(39)40)12-44-15-4-5-16-14(8-15)6-7-35(3)22(16)31-11-13-9-30-10-13/h4-8,13,17,20,30H,9-12H2,1-3H3,(H5,29,32,33,37,39,40,41,42,43)/p+1/b34-19-. The van der Waals surface area contributed by atoms with E-state index in [0.717, 1.165) is 47.6 Å². The number of ether oxygens (including phenoxy) is 1. The molecule has 3 aromatic rings. The Balaban J connectivity index is 1.31. The zero-order valence-corrected chi connectivity index (χ0v) is 28.1. The Morgan fingerprint density at radius 1 is 1.33 bits per heavy atom. The molecule has 2 atom stereocenters. The molecule has 2 unspecified atom stereocenters. The molecule has 7 N–H and O–H groups in total. The fraction of sp³-hybridized carbons (Fsp3) is 0.407. The van der Waals surface area contributed by atoms with Crippen molar-refractivity contribution in [1.29, 1.82) is 0 Å². The number of oxime groups is 1. The number of hydrogen-bond acceptors (Lipinski definition) is 14. The predicted molar refractivity (Wildman–Crippen MR) is 172 cm³/mol. The summed E-state index contributed by atoms with van der Waals surface area (Å²) in [4.78, 5) is 47.2. The first-order valence-corrected chi connectivity index (χ1v) is 16.8. The number of nitrogen functional groups attached to an aromatic ring is 1. The average Bonchev–Trinajstić information content (AvgIpc) is 3.32. The van der Waals surface area contributed by atoms with Crippen LogP contribution in [0, 0.1) is 5.92 Å². The molecule has 2 aliphatic heterocycles. The van der Waals surface area contributed by atoms with Crippen molar-refractivity contribution in [2.75, 3.05) is 37.3 Å². The number of amides is 2. The number of β-lactam (4-membered cyclic amide) rings is 1. The lowest BCUT2D eigenvalue weighted by Crippen LogP contribution is -2.76. The summed E-state index contributed by atoms with van der Waals surface area (Å²) in [5.74, 6) is -1.77. The third-order valence-electron chi connectivity index (χ3n) is 7.64. The first-order chi connectivity index (χ1) is 22.5. The van der Waals surface area contributed by atoms with Gasteiger partial charge in [-0.2, -0.15) is 13.5 Å². The number of nitrogens with one attached hydrogen (secondary N) is 3. The van der Waals surface area contributed by atoms with Crippen LogP contribution in [0.3, 0.4) is 0 Å². The van der Waals surface area contributed by atoms with Crippen LogP contribution >= 0.6 is 22.9 Å². The number of nitrogens with two attached hydrogens (primary N) is 1. The van der Waals surface area contributed by atoms with Crippen LogP contribution in [0.1, 0.15) is 19.5 Å². The van der Waals surface area contributed by atoms with Crippen LogP contribution in [0.15, 0.2) is 35.6 Å². The number of aromatic nitrogens is 2. The summed E-state index contributed by atoms with van der Waals surface area (Å²) in [5, 5.41) is 24.7. The van der Waals surface area contributed by atoms with Gasteiger partial charge in [-0.25, -0.2) is 14.3 Å². The van der Waals surface area contributed by atoms with Crippen molar-refractivity contribution >= 4 is 78.6 Å². The number of hydrogen-bond donors (Lipinski definition) is 6. The number of carbonyl (C=O) groups excluding carboxylic acids is 2. The zero-order chi connectivity index (χ0) is 35.0. The summed E-state index contributed by atoms with van der Waals surface area (Å²) in [6, 6.07) is 5.81. The quantitative estimate of drug-likeness (QED) is 0.0423. The molecule has 2 amide bonds. The van der Waals surface area contributed by atoms with Crippen molar-refractivity contribution in [1.82, 2.24) is 20.7 Å². The number of aliphatic carboxylic acids is 1. The highest BCUT2D eigenvalue weighted by molar-refractivity contribution is 7.80. The number of rotatable bonds is 14. The van der Waals surface area contributed by atoms with Gasteiger partial charge in [-0.15, -0.1) is 4.28 Å². The number of carboxylic acids is 1. The molecule has 18 nitrogen and oxygen atoms in total. The van der Waals surface area contributed by atoms with Crippen LogP contribution in [0.25, 0.3) is 10.8 Å². The number of carboxylic acid groups (broad SMARTS) is 1. The van der Waals surface area contributed by atoms with Gasteiger partial charge in [0.2, 0.25) is 0 Å². The van der Waals surface area contributed by atoms with E-state index in [4.69, 9.17) is 31.5 Å². The lowest BCUT2D eigenvalue weighted by Gasteiger charge is -2.50. The number of halogens is 1. The van der Waals surface area contributed by atoms with E-state index in [1.54, 1.807) is 12.1 Å². The molecule has 4 heterocycles. The maximum atomic E-state index is 13.4. The number of thiazole rings is 1. The number of hydroxylamine groups is 2. The molecule has 0 aliphatic carbocycles. The van der Waals surface area contributed by atoms with Crippen LogP contribution in [0.4, 0.5) is 10.9 Å². The summed E-state index contributed by atoms with van der Waals surface area (Å²) in [6.45, 7) is 4.90. The lowest BCUT2D eigenvalue weighted by molar-refractivity contribution is -0.656. The van der Waals surface area contributed by atoms with Crippen molar-refractivity contribution in [3.8, 4) is 5.75 Å². The number of anilines is 2. The highest BCUT2D eigenvalue weighted by Crippen LogP contribution is 2.33. The van der Waals surface area contributed by atoms with E-state index < -0.39 is 58.2 Å². The molecule has 2 saturated heterocycles. The highest BCUT2D eigenvalue weighted by atomic mass is 35.5. The molecular formula is C27H32ClN8O10S2+. The molecule has 2 aliphatic rings. The van der Waals surface area contributed by atoms with Crippen LogP contribution in [-0.2, 0) is 41.0 Å². The molecule has 1 aromatic carbocycles. The second-order valence-electron chi connectivity index (χ2n) is 11.5. The summed E-state index contributed by atoms with van der Waals surface area (Å²) in [6.07, 6.45) is 0.173. The third kappa shape index (κ3) is 7.53. The normalized spacial score (nSPS) is 18.5. The van der Waals surface area contributed by atoms with Crippen LogP contribution < -0.4 is 31.0 Å². The first-order valence-electron chi connectivity index (χ1n) is 14.3. The fourth-order valence-corrected chi connectivity index (χ4v) is 6.29.